The fraction of sp³-hybridized carbons (Fsp3) is 0.409. The zero-order valence-corrected chi connectivity index (χ0v) is 18.5. The third-order valence-electron chi connectivity index (χ3n) is 5.43. The van der Waals surface area contributed by atoms with E-state index in [0.717, 1.165) is 11.3 Å². The van der Waals surface area contributed by atoms with Crippen LogP contribution in [0.3, 0.4) is 0 Å². The molecule has 8 heteroatoms. The van der Waals surface area contributed by atoms with E-state index in [9.17, 15) is 13.2 Å². The number of likely N-dealkylation sites (N-methyl/N-ethyl adjacent to an activating group) is 1. The van der Waals surface area contributed by atoms with Gasteiger partial charge in [-0.2, -0.15) is 4.31 Å². The van der Waals surface area contributed by atoms with Crippen LogP contribution in [0.25, 0.3) is 0 Å². The summed E-state index contributed by atoms with van der Waals surface area (Å²) >= 11 is 0. The summed E-state index contributed by atoms with van der Waals surface area (Å²) < 4.78 is 32.7. The van der Waals surface area contributed by atoms with Crippen molar-refractivity contribution in [2.24, 2.45) is 0 Å². The molecule has 1 fully saturated rings. The number of nitrogens with zero attached hydrogens (tertiary/aromatic N) is 2. The summed E-state index contributed by atoms with van der Waals surface area (Å²) in [4.78, 5) is 15.1. The van der Waals surface area contributed by atoms with Crippen LogP contribution >= 0.6 is 0 Å². The first kappa shape index (κ1) is 22.3. The third-order valence-corrected chi connectivity index (χ3v) is 7.32. The largest absolute Gasteiger partial charge is 0.497 e. The Bertz CT molecular complexity index is 968. The van der Waals surface area contributed by atoms with Crippen LogP contribution in [0.1, 0.15) is 35.3 Å². The molecule has 7 nitrogen and oxygen atoms in total. The molecular formula is C22H29N3O4S. The lowest BCUT2D eigenvalue weighted by atomic mass is 10.0. The van der Waals surface area contributed by atoms with E-state index in [1.807, 2.05) is 38.2 Å². The lowest BCUT2D eigenvalue weighted by Crippen LogP contribution is -2.47. The van der Waals surface area contributed by atoms with Gasteiger partial charge in [-0.25, -0.2) is 8.42 Å². The lowest BCUT2D eigenvalue weighted by Gasteiger charge is -2.31. The molecule has 0 saturated carbocycles. The van der Waals surface area contributed by atoms with Gasteiger partial charge in [0.2, 0.25) is 10.0 Å². The first-order chi connectivity index (χ1) is 14.3. The van der Waals surface area contributed by atoms with Crippen molar-refractivity contribution in [2.75, 3.05) is 40.3 Å². The lowest BCUT2D eigenvalue weighted by molar-refractivity contribution is 0.0935. The van der Waals surface area contributed by atoms with Gasteiger partial charge in [0.15, 0.2) is 0 Å². The van der Waals surface area contributed by atoms with Crippen LogP contribution in [0.15, 0.2) is 53.4 Å². The van der Waals surface area contributed by atoms with Crippen molar-refractivity contribution < 1.29 is 17.9 Å². The molecule has 30 heavy (non-hydrogen) atoms. The summed E-state index contributed by atoms with van der Waals surface area (Å²) in [5.74, 6) is 0.454. The second-order valence-electron chi connectivity index (χ2n) is 7.44. The van der Waals surface area contributed by atoms with E-state index in [-0.39, 0.29) is 16.8 Å². The molecule has 1 saturated heterocycles. The molecule has 1 aliphatic rings. The molecule has 1 atom stereocenters. The number of nitrogens with one attached hydrogen (secondary N) is 1. The number of benzene rings is 2. The maximum atomic E-state index is 13.0. The third kappa shape index (κ3) is 5.00. The van der Waals surface area contributed by atoms with Crippen molar-refractivity contribution in [2.45, 2.75) is 24.3 Å². The topological polar surface area (TPSA) is 79.0 Å². The molecule has 1 amide bonds. The van der Waals surface area contributed by atoms with Crippen molar-refractivity contribution in [1.82, 2.24) is 14.5 Å². The van der Waals surface area contributed by atoms with Gasteiger partial charge in [0.05, 0.1) is 18.0 Å². The second kappa shape index (κ2) is 9.59. The van der Waals surface area contributed by atoms with Gasteiger partial charge in [0, 0.05) is 31.7 Å². The number of carbonyl (C=O) groups is 1. The zero-order valence-electron chi connectivity index (χ0n) is 17.7. The molecule has 0 aromatic heterocycles. The molecule has 1 aliphatic heterocycles. The van der Waals surface area contributed by atoms with Crippen LogP contribution in [0.5, 0.6) is 5.75 Å². The van der Waals surface area contributed by atoms with Crippen LogP contribution in [-0.4, -0.2) is 63.9 Å². The number of hydrogen-bond donors (Lipinski definition) is 1. The predicted octanol–water partition coefficient (Wildman–Crippen LogP) is 2.51. The van der Waals surface area contributed by atoms with Crippen molar-refractivity contribution in [3.05, 3.63) is 59.7 Å². The number of piperazine rings is 1. The average Bonchev–Trinajstić information content (AvgIpc) is 2.77. The Morgan fingerprint density at radius 1 is 1.10 bits per heavy atom. The predicted molar refractivity (Wildman–Crippen MR) is 116 cm³/mol. The van der Waals surface area contributed by atoms with E-state index in [1.165, 1.54) is 10.4 Å². The fourth-order valence-electron chi connectivity index (χ4n) is 3.47. The van der Waals surface area contributed by atoms with Crippen molar-refractivity contribution in [3.63, 3.8) is 0 Å². The maximum absolute atomic E-state index is 13.0. The highest BCUT2D eigenvalue weighted by atomic mass is 32.2. The monoisotopic (exact) mass is 431 g/mol. The number of sulfonamides is 1. The van der Waals surface area contributed by atoms with Gasteiger partial charge in [0.25, 0.3) is 5.91 Å². The molecule has 1 N–H and O–H groups in total. The van der Waals surface area contributed by atoms with Crippen LogP contribution in [-0.2, 0) is 10.0 Å². The molecule has 1 unspecified atom stereocenters. The molecule has 0 aliphatic carbocycles. The molecule has 0 spiro atoms. The summed E-state index contributed by atoms with van der Waals surface area (Å²) in [6.45, 7) is 4.28. The highest BCUT2D eigenvalue weighted by Gasteiger charge is 2.28. The normalized spacial score (nSPS) is 16.8. The van der Waals surface area contributed by atoms with Gasteiger partial charge in [-0.3, -0.25) is 4.79 Å². The number of ether oxygens (including phenoxy) is 1. The minimum Gasteiger partial charge on any atom is -0.497 e. The highest BCUT2D eigenvalue weighted by Crippen LogP contribution is 2.22. The van der Waals surface area contributed by atoms with Crippen molar-refractivity contribution >= 4 is 15.9 Å². The molecule has 1 heterocycles. The Kier molecular flexibility index (Phi) is 7.12. The van der Waals surface area contributed by atoms with Gasteiger partial charge < -0.3 is 15.0 Å². The average molecular weight is 432 g/mol. The molecule has 3 rings (SSSR count). The number of hydrogen-bond acceptors (Lipinski definition) is 5. The van der Waals surface area contributed by atoms with Gasteiger partial charge in [0.1, 0.15) is 5.75 Å². The van der Waals surface area contributed by atoms with E-state index in [4.69, 9.17) is 4.74 Å². The Morgan fingerprint density at radius 3 is 2.37 bits per heavy atom. The van der Waals surface area contributed by atoms with Gasteiger partial charge >= 0.3 is 0 Å². The van der Waals surface area contributed by atoms with E-state index < -0.39 is 10.0 Å². The van der Waals surface area contributed by atoms with Crippen LogP contribution < -0.4 is 10.1 Å². The Labute approximate surface area is 178 Å². The summed E-state index contributed by atoms with van der Waals surface area (Å²) in [6, 6.07) is 13.6. The number of rotatable bonds is 7. The fourth-order valence-corrected chi connectivity index (χ4v) is 4.94. The molecule has 162 valence electrons. The summed E-state index contributed by atoms with van der Waals surface area (Å²) in [5, 5.41) is 3.01. The van der Waals surface area contributed by atoms with Gasteiger partial charge in [-0.05, 0) is 49.4 Å². The zero-order chi connectivity index (χ0) is 21.7. The first-order valence-electron chi connectivity index (χ1n) is 10.1. The first-order valence-corrected chi connectivity index (χ1v) is 11.5. The van der Waals surface area contributed by atoms with E-state index in [2.05, 4.69) is 10.2 Å². The van der Waals surface area contributed by atoms with Crippen LogP contribution in [0.4, 0.5) is 0 Å². The molecule has 0 radical (unpaired) electrons. The SMILES string of the molecule is CCC(NC(=O)c1cccc(S(=O)(=O)N2CCN(C)CC2)c1)c1ccc(OC)cc1. The number of methoxy groups -OCH3 is 1. The van der Waals surface area contributed by atoms with Gasteiger partial charge in [-0.1, -0.05) is 25.1 Å². The maximum Gasteiger partial charge on any atom is 0.251 e. The second-order valence-corrected chi connectivity index (χ2v) is 9.38. The van der Waals surface area contributed by atoms with Gasteiger partial charge in [-0.15, -0.1) is 0 Å². The van der Waals surface area contributed by atoms with Crippen LogP contribution in [0.2, 0.25) is 0 Å². The summed E-state index contributed by atoms with van der Waals surface area (Å²) in [6.07, 6.45) is 0.706. The summed E-state index contributed by atoms with van der Waals surface area (Å²) in [5.41, 5.74) is 1.30. The molecular weight excluding hydrogens is 402 g/mol. The van der Waals surface area contributed by atoms with Crippen LogP contribution in [0, 0.1) is 0 Å². The Hall–Kier alpha value is -2.42. The minimum atomic E-state index is -3.62. The van der Waals surface area contributed by atoms with E-state index in [0.29, 0.717) is 38.2 Å². The number of carbonyl (C=O) groups excluding carboxylic acids is 1. The Balaban J connectivity index is 1.76. The minimum absolute atomic E-state index is 0.150. The smallest absolute Gasteiger partial charge is 0.251 e. The molecule has 2 aromatic carbocycles. The molecule has 2 aromatic rings. The quantitative estimate of drug-likeness (QED) is 0.729. The van der Waals surface area contributed by atoms with E-state index in [1.54, 1.807) is 25.3 Å². The van der Waals surface area contributed by atoms with Crippen molar-refractivity contribution in [3.8, 4) is 5.75 Å². The highest BCUT2D eigenvalue weighted by molar-refractivity contribution is 7.89. The summed E-state index contributed by atoms with van der Waals surface area (Å²) in [7, 11) is -0.0401. The standard InChI is InChI=1S/C22H29N3O4S/c1-4-21(17-8-10-19(29-3)11-9-17)23-22(26)18-6-5-7-20(16-18)30(27,28)25-14-12-24(2)13-15-25/h5-11,16,21H,4,12-15H2,1-3H3,(H,23,26). The van der Waals surface area contributed by atoms with E-state index >= 15 is 0 Å². The molecule has 0 bridgehead atoms. The Morgan fingerprint density at radius 2 is 1.77 bits per heavy atom. The number of amides is 1. The van der Waals surface area contributed by atoms with Crippen molar-refractivity contribution in [1.29, 1.82) is 0 Å².